The van der Waals surface area contributed by atoms with Crippen molar-refractivity contribution >= 4 is 13.7 Å². The molecule has 0 unspecified atom stereocenters. The summed E-state index contributed by atoms with van der Waals surface area (Å²) in [6, 6.07) is 11.0. The van der Waals surface area contributed by atoms with Crippen molar-refractivity contribution in [3.8, 4) is 0 Å². The van der Waals surface area contributed by atoms with Crippen LogP contribution >= 0.6 is 0 Å². The van der Waals surface area contributed by atoms with Crippen molar-refractivity contribution in [1.82, 2.24) is 5.32 Å². The second-order valence-electron chi connectivity index (χ2n) is 5.24. The zero-order valence-electron chi connectivity index (χ0n) is 12.0. The molecule has 0 radical (unpaired) electrons. The summed E-state index contributed by atoms with van der Waals surface area (Å²) < 4.78 is 11.6. The third-order valence-corrected chi connectivity index (χ3v) is 7.30. The lowest BCUT2D eigenvalue weighted by molar-refractivity contribution is 0.249. The van der Waals surface area contributed by atoms with Gasteiger partial charge in [0.05, 0.1) is 0 Å². The average Bonchev–Trinajstić information content (AvgIpc) is 2.51. The van der Waals surface area contributed by atoms with E-state index in [9.17, 15) is 0 Å². The van der Waals surface area contributed by atoms with Crippen LogP contribution < -0.4 is 10.5 Å². The first-order valence-electron chi connectivity index (χ1n) is 7.20. The van der Waals surface area contributed by atoms with E-state index in [-0.39, 0.29) is 0 Å². The van der Waals surface area contributed by atoms with Crippen LogP contribution in [-0.2, 0) is 8.85 Å². The van der Waals surface area contributed by atoms with Gasteiger partial charge in [-0.1, -0.05) is 49.6 Å². The Labute approximate surface area is 117 Å². The van der Waals surface area contributed by atoms with Gasteiger partial charge in [0, 0.05) is 26.4 Å². The minimum absolute atomic E-state index is 0.634. The van der Waals surface area contributed by atoms with Crippen molar-refractivity contribution in [2.24, 2.45) is 0 Å². The number of hydrogen-bond acceptors (Lipinski definition) is 3. The zero-order valence-corrected chi connectivity index (χ0v) is 13.0. The van der Waals surface area contributed by atoms with Gasteiger partial charge < -0.3 is 14.2 Å². The molecule has 0 saturated heterocycles. The van der Waals surface area contributed by atoms with Gasteiger partial charge in [-0.3, -0.25) is 0 Å². The molecular formula is C15H25NO2Si. The maximum absolute atomic E-state index is 5.82. The second-order valence-corrected chi connectivity index (χ2v) is 8.50. The molecule has 1 N–H and O–H groups in total. The van der Waals surface area contributed by atoms with Gasteiger partial charge in [-0.25, -0.2) is 0 Å². The lowest BCUT2D eigenvalue weighted by Crippen LogP contribution is -2.61. The smallest absolute Gasteiger partial charge is 0.386 e. The minimum Gasteiger partial charge on any atom is -0.394 e. The molecule has 106 valence electrons. The zero-order chi connectivity index (χ0) is 13.6. The Bertz CT molecular complexity index is 362. The third kappa shape index (κ3) is 3.66. The monoisotopic (exact) mass is 279 g/mol. The standard InChI is InChI=1S/C15H25NO2Si/c1-17-19(18-2,15-11-7-4-8-12-15)13-16-14-9-5-3-6-10-14/h4,7-8,11-12,14,16H,3,5-6,9-10,13H2,1-2H3. The largest absolute Gasteiger partial charge is 0.394 e. The quantitative estimate of drug-likeness (QED) is 0.809. The van der Waals surface area contributed by atoms with E-state index < -0.39 is 8.56 Å². The van der Waals surface area contributed by atoms with Gasteiger partial charge in [0.25, 0.3) is 0 Å². The van der Waals surface area contributed by atoms with Crippen LogP contribution in [0.3, 0.4) is 0 Å². The Balaban J connectivity index is 2.02. The molecule has 1 aromatic rings. The molecule has 0 atom stereocenters. The lowest BCUT2D eigenvalue weighted by atomic mass is 9.96. The van der Waals surface area contributed by atoms with Crippen LogP contribution in [0.5, 0.6) is 0 Å². The number of nitrogens with one attached hydrogen (secondary N) is 1. The van der Waals surface area contributed by atoms with E-state index in [1.165, 1.54) is 37.3 Å². The average molecular weight is 279 g/mol. The summed E-state index contributed by atoms with van der Waals surface area (Å²) in [5.41, 5.74) is 0. The Morgan fingerprint density at radius 1 is 1.05 bits per heavy atom. The van der Waals surface area contributed by atoms with Crippen LogP contribution in [0.2, 0.25) is 0 Å². The number of benzene rings is 1. The van der Waals surface area contributed by atoms with Crippen LogP contribution in [-0.4, -0.2) is 35.0 Å². The highest BCUT2D eigenvalue weighted by Crippen LogP contribution is 2.18. The summed E-state index contributed by atoms with van der Waals surface area (Å²) in [5.74, 6) is 0. The van der Waals surface area contributed by atoms with Crippen molar-refractivity contribution in [2.45, 2.75) is 38.1 Å². The molecule has 1 saturated carbocycles. The van der Waals surface area contributed by atoms with E-state index >= 15 is 0 Å². The number of rotatable bonds is 6. The first kappa shape index (κ1) is 14.7. The van der Waals surface area contributed by atoms with E-state index in [0.29, 0.717) is 6.04 Å². The van der Waals surface area contributed by atoms with Crippen LogP contribution in [0.25, 0.3) is 0 Å². The summed E-state index contributed by atoms with van der Waals surface area (Å²) in [4.78, 5) is 0. The normalized spacial score (nSPS) is 17.6. The van der Waals surface area contributed by atoms with E-state index in [1.54, 1.807) is 14.2 Å². The molecule has 0 amide bonds. The van der Waals surface area contributed by atoms with Crippen molar-refractivity contribution in [3.05, 3.63) is 30.3 Å². The Morgan fingerprint density at radius 3 is 2.26 bits per heavy atom. The molecule has 1 aromatic carbocycles. The van der Waals surface area contributed by atoms with Crippen molar-refractivity contribution in [1.29, 1.82) is 0 Å². The van der Waals surface area contributed by atoms with Gasteiger partial charge in [-0.15, -0.1) is 0 Å². The van der Waals surface area contributed by atoms with Gasteiger partial charge in [0.2, 0.25) is 0 Å². The summed E-state index contributed by atoms with van der Waals surface area (Å²) in [6.45, 7) is 0. The topological polar surface area (TPSA) is 30.5 Å². The van der Waals surface area contributed by atoms with Gasteiger partial charge in [0.15, 0.2) is 0 Å². The summed E-state index contributed by atoms with van der Waals surface area (Å²) in [7, 11) is 1.22. The van der Waals surface area contributed by atoms with Gasteiger partial charge in [-0.05, 0) is 18.0 Å². The van der Waals surface area contributed by atoms with E-state index in [0.717, 1.165) is 6.17 Å². The molecule has 0 bridgehead atoms. The maximum atomic E-state index is 5.82. The summed E-state index contributed by atoms with van der Waals surface area (Å²) in [6.07, 6.45) is 7.47. The number of hydrogen-bond donors (Lipinski definition) is 1. The van der Waals surface area contributed by atoms with Crippen molar-refractivity contribution in [2.75, 3.05) is 20.4 Å². The Morgan fingerprint density at radius 2 is 1.68 bits per heavy atom. The second kappa shape index (κ2) is 7.19. The van der Waals surface area contributed by atoms with Crippen LogP contribution in [0.4, 0.5) is 0 Å². The third-order valence-electron chi connectivity index (χ3n) is 4.10. The highest BCUT2D eigenvalue weighted by atomic mass is 28.4. The molecule has 2 rings (SSSR count). The Hall–Kier alpha value is -0.683. The Kier molecular flexibility index (Phi) is 5.57. The van der Waals surface area contributed by atoms with Gasteiger partial charge in [0.1, 0.15) is 0 Å². The highest BCUT2D eigenvalue weighted by Gasteiger charge is 2.38. The van der Waals surface area contributed by atoms with Crippen LogP contribution in [0.15, 0.2) is 30.3 Å². The first-order valence-corrected chi connectivity index (χ1v) is 9.22. The molecule has 1 fully saturated rings. The molecule has 0 spiro atoms. The molecule has 1 aliphatic carbocycles. The highest BCUT2D eigenvalue weighted by molar-refractivity contribution is 6.81. The van der Waals surface area contributed by atoms with E-state index in [4.69, 9.17) is 8.85 Å². The molecule has 0 aromatic heterocycles. The van der Waals surface area contributed by atoms with Crippen LogP contribution in [0, 0.1) is 0 Å². The molecule has 0 heterocycles. The molecule has 3 nitrogen and oxygen atoms in total. The fraction of sp³-hybridized carbons (Fsp3) is 0.600. The fourth-order valence-corrected chi connectivity index (χ4v) is 5.23. The summed E-state index contributed by atoms with van der Waals surface area (Å²) in [5, 5.41) is 4.87. The van der Waals surface area contributed by atoms with Crippen molar-refractivity contribution < 1.29 is 8.85 Å². The first-order chi connectivity index (χ1) is 9.30. The predicted octanol–water partition coefficient (Wildman–Crippen LogP) is 2.09. The fourth-order valence-electron chi connectivity index (χ4n) is 2.84. The van der Waals surface area contributed by atoms with Gasteiger partial charge in [-0.2, -0.15) is 0 Å². The summed E-state index contributed by atoms with van der Waals surface area (Å²) >= 11 is 0. The lowest BCUT2D eigenvalue weighted by Gasteiger charge is -2.31. The maximum Gasteiger partial charge on any atom is 0.386 e. The SMILES string of the molecule is CO[Si](CNC1CCCCC1)(OC)c1ccccc1. The molecule has 1 aliphatic rings. The molecule has 0 aliphatic heterocycles. The molecular weight excluding hydrogens is 254 g/mol. The molecule has 19 heavy (non-hydrogen) atoms. The van der Waals surface area contributed by atoms with E-state index in [1.807, 2.05) is 6.07 Å². The molecule has 4 heteroatoms. The predicted molar refractivity (Wildman–Crippen MR) is 80.7 cm³/mol. The van der Waals surface area contributed by atoms with Crippen molar-refractivity contribution in [3.63, 3.8) is 0 Å². The van der Waals surface area contributed by atoms with Crippen LogP contribution in [0.1, 0.15) is 32.1 Å². The van der Waals surface area contributed by atoms with E-state index in [2.05, 4.69) is 29.6 Å². The van der Waals surface area contributed by atoms with Gasteiger partial charge >= 0.3 is 8.56 Å². The minimum atomic E-state index is -2.31.